The van der Waals surface area contributed by atoms with Gasteiger partial charge in [-0.2, -0.15) is 0 Å². The number of aromatic nitrogens is 5. The Bertz CT molecular complexity index is 3270. The quantitative estimate of drug-likeness (QED) is 0.170. The van der Waals surface area contributed by atoms with E-state index < -0.39 is 0 Å². The van der Waals surface area contributed by atoms with Gasteiger partial charge >= 0.3 is 0 Å². The van der Waals surface area contributed by atoms with Gasteiger partial charge in [-0.15, -0.1) is 0 Å². The zero-order valence-corrected chi connectivity index (χ0v) is 30.9. The lowest BCUT2D eigenvalue weighted by atomic mass is 10.0. The molecule has 0 saturated carbocycles. The van der Waals surface area contributed by atoms with Crippen molar-refractivity contribution in [3.8, 4) is 56.7 Å². The van der Waals surface area contributed by atoms with Gasteiger partial charge in [0.2, 0.25) is 0 Å². The molecule has 0 N–H and O–H groups in total. The Hall–Kier alpha value is -7.77. The van der Waals surface area contributed by atoms with Crippen LogP contribution >= 0.6 is 0 Å². The molecule has 11 aromatic rings. The minimum atomic E-state index is -0.349. The molecule has 0 unspecified atom stereocenters. The molecule has 3 aromatic heterocycles. The lowest BCUT2D eigenvalue weighted by Gasteiger charge is -2.11. The molecule has 11 rings (SSSR count). The number of rotatable bonds is 6. The zero-order valence-electron chi connectivity index (χ0n) is 30.9. The van der Waals surface area contributed by atoms with Crippen LogP contribution in [-0.4, -0.2) is 24.1 Å². The van der Waals surface area contributed by atoms with Crippen LogP contribution in [0.25, 0.3) is 100 Å². The molecule has 5 nitrogen and oxygen atoms in total. The minimum Gasteiger partial charge on any atom is -0.309 e. The first-order chi connectivity index (χ1) is 28.6. The second-order valence-corrected chi connectivity index (χ2v) is 14.4. The van der Waals surface area contributed by atoms with Gasteiger partial charge in [0.1, 0.15) is 11.6 Å². The lowest BCUT2D eigenvalue weighted by Crippen LogP contribution is -2.01. The van der Waals surface area contributed by atoms with E-state index in [1.165, 1.54) is 51.5 Å². The van der Waals surface area contributed by atoms with Crippen molar-refractivity contribution in [3.05, 3.63) is 200 Å². The van der Waals surface area contributed by atoms with E-state index in [1.807, 2.05) is 18.2 Å². The van der Waals surface area contributed by atoms with Crippen molar-refractivity contribution in [2.75, 3.05) is 0 Å². The largest absolute Gasteiger partial charge is 0.309 e. The Morgan fingerprint density at radius 2 is 0.690 bits per heavy atom. The Balaban J connectivity index is 1.03. The standard InChI is InChI=1S/C51H31F2N5/c52-37-22-14-32(15-23-37)49-54-50(33-16-24-38(53)25-17-33)56-51(55-49)34-18-26-40(27-19-34)58-45-12-6-4-10-41(45)43-28-20-36(31-48(43)58)35-21-29-47-44(30-35)42-11-5-7-13-46(42)57(47)39-8-2-1-3-9-39/h1-31H. The molecule has 0 atom stereocenters. The minimum absolute atomic E-state index is 0.349. The summed E-state index contributed by atoms with van der Waals surface area (Å²) in [6, 6.07) is 61.4. The van der Waals surface area contributed by atoms with Crippen LogP contribution in [0.3, 0.4) is 0 Å². The second-order valence-electron chi connectivity index (χ2n) is 14.4. The van der Waals surface area contributed by atoms with Crippen LogP contribution < -0.4 is 0 Å². The number of para-hydroxylation sites is 3. The molecule has 0 bridgehead atoms. The van der Waals surface area contributed by atoms with E-state index in [-0.39, 0.29) is 11.6 Å². The third kappa shape index (κ3) is 5.63. The number of fused-ring (bicyclic) bond motifs is 6. The predicted molar refractivity (Wildman–Crippen MR) is 230 cm³/mol. The van der Waals surface area contributed by atoms with Gasteiger partial charge < -0.3 is 9.13 Å². The summed E-state index contributed by atoms with van der Waals surface area (Å²) in [5.41, 5.74) is 11.0. The first kappa shape index (κ1) is 33.6. The smallest absolute Gasteiger partial charge is 0.164 e. The SMILES string of the molecule is Fc1ccc(-c2nc(-c3ccc(F)cc3)nc(-c3ccc(-n4c5ccccc5c5ccc(-c6ccc7c(c6)c6ccccc6n7-c6ccccc6)cc54)cc3)n2)cc1. The average molecular weight is 752 g/mol. The number of nitrogens with zero attached hydrogens (tertiary/aromatic N) is 5. The normalized spacial score (nSPS) is 11.6. The Labute approximate surface area is 331 Å². The molecule has 58 heavy (non-hydrogen) atoms. The highest BCUT2D eigenvalue weighted by molar-refractivity contribution is 6.12. The highest BCUT2D eigenvalue weighted by Gasteiger charge is 2.17. The summed E-state index contributed by atoms with van der Waals surface area (Å²) in [4.78, 5) is 14.3. The molecule has 0 aliphatic heterocycles. The van der Waals surface area contributed by atoms with Crippen molar-refractivity contribution < 1.29 is 8.78 Å². The summed E-state index contributed by atoms with van der Waals surface area (Å²) in [7, 11) is 0. The van der Waals surface area contributed by atoms with Crippen molar-refractivity contribution in [2.24, 2.45) is 0 Å². The van der Waals surface area contributed by atoms with Gasteiger partial charge in [-0.05, 0) is 126 Å². The molecule has 8 aromatic carbocycles. The summed E-state index contributed by atoms with van der Waals surface area (Å²) >= 11 is 0. The van der Waals surface area contributed by atoms with E-state index in [0.717, 1.165) is 44.5 Å². The number of halogens is 2. The van der Waals surface area contributed by atoms with Crippen molar-refractivity contribution in [1.82, 2.24) is 24.1 Å². The molecule has 0 radical (unpaired) electrons. The summed E-state index contributed by atoms with van der Waals surface area (Å²) in [5.74, 6) is 0.543. The van der Waals surface area contributed by atoms with E-state index in [2.05, 4.69) is 130 Å². The molecule has 3 heterocycles. The van der Waals surface area contributed by atoms with E-state index in [0.29, 0.717) is 28.6 Å². The average Bonchev–Trinajstić information content (AvgIpc) is 3.79. The van der Waals surface area contributed by atoms with Crippen molar-refractivity contribution in [3.63, 3.8) is 0 Å². The fraction of sp³-hybridized carbons (Fsp3) is 0. The molecule has 0 spiro atoms. The Kier molecular flexibility index (Phi) is 7.79. The summed E-state index contributed by atoms with van der Waals surface area (Å²) in [5, 5.41) is 4.75. The Morgan fingerprint density at radius 3 is 1.28 bits per heavy atom. The van der Waals surface area contributed by atoms with E-state index in [1.54, 1.807) is 24.3 Å². The topological polar surface area (TPSA) is 48.5 Å². The Morgan fingerprint density at radius 1 is 0.293 bits per heavy atom. The van der Waals surface area contributed by atoms with Crippen LogP contribution in [0, 0.1) is 11.6 Å². The molecule has 0 saturated heterocycles. The first-order valence-electron chi connectivity index (χ1n) is 19.1. The van der Waals surface area contributed by atoms with Crippen LogP contribution in [0.2, 0.25) is 0 Å². The van der Waals surface area contributed by atoms with Gasteiger partial charge in [-0.1, -0.05) is 72.8 Å². The molecule has 0 aliphatic rings. The third-order valence-electron chi connectivity index (χ3n) is 10.9. The molecule has 0 amide bonds. The summed E-state index contributed by atoms with van der Waals surface area (Å²) in [6.07, 6.45) is 0. The van der Waals surface area contributed by atoms with E-state index in [4.69, 9.17) is 15.0 Å². The number of benzene rings is 8. The monoisotopic (exact) mass is 751 g/mol. The molecular weight excluding hydrogens is 721 g/mol. The highest BCUT2D eigenvalue weighted by Crippen LogP contribution is 2.38. The van der Waals surface area contributed by atoms with E-state index in [9.17, 15) is 8.78 Å². The second kappa shape index (κ2) is 13.5. The molecule has 7 heteroatoms. The molecule has 274 valence electrons. The third-order valence-corrected chi connectivity index (χ3v) is 10.9. The van der Waals surface area contributed by atoms with Crippen LogP contribution in [-0.2, 0) is 0 Å². The summed E-state index contributed by atoms with van der Waals surface area (Å²) < 4.78 is 32.4. The van der Waals surface area contributed by atoms with Crippen LogP contribution in [0.4, 0.5) is 8.78 Å². The van der Waals surface area contributed by atoms with Crippen LogP contribution in [0.15, 0.2) is 188 Å². The first-order valence-corrected chi connectivity index (χ1v) is 19.1. The van der Waals surface area contributed by atoms with Crippen molar-refractivity contribution in [2.45, 2.75) is 0 Å². The van der Waals surface area contributed by atoms with E-state index >= 15 is 0 Å². The molecular formula is C51H31F2N5. The fourth-order valence-electron chi connectivity index (χ4n) is 8.16. The maximum Gasteiger partial charge on any atom is 0.164 e. The maximum atomic E-state index is 13.9. The molecule has 0 aliphatic carbocycles. The maximum absolute atomic E-state index is 13.9. The van der Waals surface area contributed by atoms with Gasteiger partial charge in [0, 0.05) is 49.6 Å². The van der Waals surface area contributed by atoms with Crippen molar-refractivity contribution in [1.29, 1.82) is 0 Å². The summed E-state index contributed by atoms with van der Waals surface area (Å²) in [6.45, 7) is 0. The van der Waals surface area contributed by atoms with Gasteiger partial charge in [-0.25, -0.2) is 23.7 Å². The van der Waals surface area contributed by atoms with Gasteiger partial charge in [0.05, 0.1) is 22.1 Å². The van der Waals surface area contributed by atoms with Gasteiger partial charge in [-0.3, -0.25) is 0 Å². The fourth-order valence-corrected chi connectivity index (χ4v) is 8.16. The highest BCUT2D eigenvalue weighted by atomic mass is 19.1. The van der Waals surface area contributed by atoms with Gasteiger partial charge in [0.25, 0.3) is 0 Å². The molecule has 0 fully saturated rings. The zero-order chi connectivity index (χ0) is 38.7. The van der Waals surface area contributed by atoms with Crippen LogP contribution in [0.1, 0.15) is 0 Å². The number of hydrogen-bond acceptors (Lipinski definition) is 3. The lowest BCUT2D eigenvalue weighted by molar-refractivity contribution is 0.627. The number of hydrogen-bond donors (Lipinski definition) is 0. The van der Waals surface area contributed by atoms with Gasteiger partial charge in [0.15, 0.2) is 17.5 Å². The predicted octanol–water partition coefficient (Wildman–Crippen LogP) is 13.0. The van der Waals surface area contributed by atoms with Crippen LogP contribution in [0.5, 0.6) is 0 Å². The van der Waals surface area contributed by atoms with Crippen molar-refractivity contribution >= 4 is 43.6 Å².